The number of hydrogen-bond acceptors (Lipinski definition) is 7. The Bertz CT molecular complexity index is 1180. The van der Waals surface area contributed by atoms with Gasteiger partial charge < -0.3 is 10.1 Å². The first-order valence-corrected chi connectivity index (χ1v) is 12.8. The second-order valence-corrected chi connectivity index (χ2v) is 10.1. The number of ether oxygens (including phenoxy) is 1. The summed E-state index contributed by atoms with van der Waals surface area (Å²) in [7, 11) is -2.27. The number of sulfonamides is 1. The molecule has 9 nitrogen and oxygen atoms in total. The number of H-pyrrole nitrogens is 1. The van der Waals surface area contributed by atoms with Crippen molar-refractivity contribution in [1.82, 2.24) is 24.8 Å². The topological polar surface area (TPSA) is 117 Å². The highest BCUT2D eigenvalue weighted by atomic mass is 32.2. The third-order valence-electron chi connectivity index (χ3n) is 4.84. The summed E-state index contributed by atoms with van der Waals surface area (Å²) in [5.41, 5.74) is 1.65. The molecule has 1 aromatic heterocycles. The molecule has 3 aromatic rings. The van der Waals surface area contributed by atoms with Crippen molar-refractivity contribution in [3.8, 4) is 17.1 Å². The van der Waals surface area contributed by atoms with Crippen molar-refractivity contribution >= 4 is 27.7 Å². The average Bonchev–Trinajstić information content (AvgIpc) is 3.29. The van der Waals surface area contributed by atoms with E-state index < -0.39 is 10.0 Å². The maximum atomic E-state index is 13.0. The zero-order chi connectivity index (χ0) is 23.8. The van der Waals surface area contributed by atoms with Gasteiger partial charge in [0, 0.05) is 24.4 Å². The summed E-state index contributed by atoms with van der Waals surface area (Å²) < 4.78 is 32.3. The lowest BCUT2D eigenvalue weighted by Crippen LogP contribution is -2.41. The number of carbonyl (C=O) groups is 1. The highest BCUT2D eigenvalue weighted by molar-refractivity contribution is 7.99. The number of methoxy groups -OCH3 is 1. The van der Waals surface area contributed by atoms with Gasteiger partial charge >= 0.3 is 0 Å². The number of aryl methyl sites for hydroxylation is 1. The fraction of sp³-hybridized carbons (Fsp3) is 0.318. The Hall–Kier alpha value is -2.89. The predicted molar refractivity (Wildman–Crippen MR) is 128 cm³/mol. The summed E-state index contributed by atoms with van der Waals surface area (Å²) in [6, 6.07) is 14.3. The molecular weight excluding hydrogens is 462 g/mol. The molecule has 0 atom stereocenters. The Morgan fingerprint density at radius 3 is 2.64 bits per heavy atom. The molecule has 0 radical (unpaired) electrons. The van der Waals surface area contributed by atoms with Crippen molar-refractivity contribution in [3.05, 3.63) is 54.1 Å². The molecule has 0 saturated carbocycles. The van der Waals surface area contributed by atoms with Crippen LogP contribution in [0.4, 0.5) is 0 Å². The van der Waals surface area contributed by atoms with E-state index in [1.165, 1.54) is 24.9 Å². The Morgan fingerprint density at radius 2 is 1.97 bits per heavy atom. The zero-order valence-corrected chi connectivity index (χ0v) is 20.4. The van der Waals surface area contributed by atoms with E-state index in [0.717, 1.165) is 9.87 Å². The van der Waals surface area contributed by atoms with Crippen LogP contribution in [0.25, 0.3) is 11.4 Å². The molecule has 0 saturated heterocycles. The van der Waals surface area contributed by atoms with Gasteiger partial charge in [0.1, 0.15) is 5.75 Å². The SMILES string of the molecule is CCN(CC(=O)NCCSc1n[nH]c(-c2ccccc2)n1)S(=O)(=O)c1ccc(OC)c(C)c1. The number of aromatic nitrogens is 3. The quantitative estimate of drug-likeness (QED) is 0.314. The van der Waals surface area contributed by atoms with Gasteiger partial charge in [0.05, 0.1) is 18.6 Å². The molecule has 3 rings (SSSR count). The van der Waals surface area contributed by atoms with Crippen molar-refractivity contribution in [3.63, 3.8) is 0 Å². The monoisotopic (exact) mass is 489 g/mol. The Labute approximate surface area is 198 Å². The minimum atomic E-state index is -3.80. The molecule has 0 spiro atoms. The molecule has 2 N–H and O–H groups in total. The van der Waals surface area contributed by atoms with Crippen molar-refractivity contribution in [2.45, 2.75) is 23.9 Å². The second kappa shape index (κ2) is 11.3. The molecule has 33 heavy (non-hydrogen) atoms. The molecule has 1 amide bonds. The first kappa shape index (κ1) is 24.7. The molecule has 0 unspecified atom stereocenters. The fourth-order valence-electron chi connectivity index (χ4n) is 3.11. The van der Waals surface area contributed by atoms with E-state index in [2.05, 4.69) is 20.5 Å². The van der Waals surface area contributed by atoms with Crippen LogP contribution in [-0.2, 0) is 14.8 Å². The minimum Gasteiger partial charge on any atom is -0.496 e. The maximum Gasteiger partial charge on any atom is 0.243 e. The van der Waals surface area contributed by atoms with E-state index >= 15 is 0 Å². The number of benzene rings is 2. The highest BCUT2D eigenvalue weighted by Crippen LogP contribution is 2.23. The van der Waals surface area contributed by atoms with Gasteiger partial charge in [0.25, 0.3) is 0 Å². The number of carbonyl (C=O) groups excluding carboxylic acids is 1. The normalized spacial score (nSPS) is 11.5. The van der Waals surface area contributed by atoms with Gasteiger partial charge in [-0.1, -0.05) is 49.0 Å². The number of nitrogens with one attached hydrogen (secondary N) is 2. The summed E-state index contributed by atoms with van der Waals surface area (Å²) in [6.07, 6.45) is 0. The van der Waals surface area contributed by atoms with Crippen LogP contribution in [0.2, 0.25) is 0 Å². The van der Waals surface area contributed by atoms with Crippen LogP contribution in [0.15, 0.2) is 58.6 Å². The largest absolute Gasteiger partial charge is 0.496 e. The predicted octanol–water partition coefficient (Wildman–Crippen LogP) is 2.71. The van der Waals surface area contributed by atoms with Gasteiger partial charge in [0.15, 0.2) is 5.82 Å². The van der Waals surface area contributed by atoms with Crippen LogP contribution in [-0.4, -0.2) is 66.3 Å². The first-order valence-electron chi connectivity index (χ1n) is 10.4. The molecule has 0 fully saturated rings. The lowest BCUT2D eigenvalue weighted by atomic mass is 10.2. The second-order valence-electron chi connectivity index (χ2n) is 7.09. The Kier molecular flexibility index (Phi) is 8.48. The summed E-state index contributed by atoms with van der Waals surface area (Å²) >= 11 is 1.40. The highest BCUT2D eigenvalue weighted by Gasteiger charge is 2.25. The molecule has 1 heterocycles. The summed E-state index contributed by atoms with van der Waals surface area (Å²) in [4.78, 5) is 16.9. The summed E-state index contributed by atoms with van der Waals surface area (Å²) in [5, 5.41) is 10.4. The molecule has 0 aliphatic carbocycles. The fourth-order valence-corrected chi connectivity index (χ4v) is 5.26. The third kappa shape index (κ3) is 6.34. The molecule has 176 valence electrons. The van der Waals surface area contributed by atoms with Crippen LogP contribution in [0.3, 0.4) is 0 Å². The van der Waals surface area contributed by atoms with Gasteiger partial charge in [-0.05, 0) is 30.7 Å². The van der Waals surface area contributed by atoms with E-state index in [1.54, 1.807) is 26.0 Å². The molecular formula is C22H27N5O4S2. The summed E-state index contributed by atoms with van der Waals surface area (Å²) in [5.74, 6) is 1.47. The van der Waals surface area contributed by atoms with Gasteiger partial charge in [-0.2, -0.15) is 4.31 Å². The van der Waals surface area contributed by atoms with E-state index in [1.807, 2.05) is 30.3 Å². The zero-order valence-electron chi connectivity index (χ0n) is 18.7. The Morgan fingerprint density at radius 1 is 1.21 bits per heavy atom. The maximum absolute atomic E-state index is 13.0. The molecule has 0 aliphatic heterocycles. The standard InChI is InChI=1S/C22H27N5O4S2/c1-4-27(33(29,30)18-10-11-19(31-3)16(2)14-18)15-20(28)23-12-13-32-22-24-21(25-26-22)17-8-6-5-7-9-17/h5-11,14H,4,12-13,15H2,1-3H3,(H,23,28)(H,24,25,26). The van der Waals surface area contributed by atoms with Gasteiger partial charge in [0.2, 0.25) is 21.1 Å². The van der Waals surface area contributed by atoms with Crippen molar-refractivity contribution < 1.29 is 17.9 Å². The molecule has 0 bridgehead atoms. The van der Waals surface area contributed by atoms with E-state index in [0.29, 0.717) is 34.6 Å². The van der Waals surface area contributed by atoms with Crippen LogP contribution in [0.1, 0.15) is 12.5 Å². The minimum absolute atomic E-state index is 0.129. The smallest absolute Gasteiger partial charge is 0.243 e. The van der Waals surface area contributed by atoms with Gasteiger partial charge in [-0.25, -0.2) is 13.4 Å². The number of amides is 1. The molecule has 2 aromatic carbocycles. The van der Waals surface area contributed by atoms with Crippen LogP contribution in [0, 0.1) is 6.92 Å². The summed E-state index contributed by atoms with van der Waals surface area (Å²) in [6.45, 7) is 3.75. The van der Waals surface area contributed by atoms with E-state index in [9.17, 15) is 13.2 Å². The molecule has 0 aliphatic rings. The number of rotatable bonds is 11. The number of thioether (sulfide) groups is 1. The lowest BCUT2D eigenvalue weighted by molar-refractivity contribution is -0.121. The van der Waals surface area contributed by atoms with Crippen LogP contribution in [0.5, 0.6) is 5.75 Å². The van der Waals surface area contributed by atoms with E-state index in [-0.39, 0.29) is 23.9 Å². The number of likely N-dealkylation sites (N-methyl/N-ethyl adjacent to an activating group) is 1. The van der Waals surface area contributed by atoms with Crippen molar-refractivity contribution in [2.75, 3.05) is 32.5 Å². The lowest BCUT2D eigenvalue weighted by Gasteiger charge is -2.20. The number of nitrogens with zero attached hydrogens (tertiary/aromatic N) is 3. The van der Waals surface area contributed by atoms with Gasteiger partial charge in [-0.15, -0.1) is 5.10 Å². The average molecular weight is 490 g/mol. The Balaban J connectivity index is 1.50. The van der Waals surface area contributed by atoms with E-state index in [4.69, 9.17) is 4.74 Å². The van der Waals surface area contributed by atoms with Gasteiger partial charge in [-0.3, -0.25) is 9.89 Å². The number of hydrogen-bond donors (Lipinski definition) is 2. The third-order valence-corrected chi connectivity index (χ3v) is 7.61. The first-order chi connectivity index (χ1) is 15.8. The van der Waals surface area contributed by atoms with Crippen LogP contribution >= 0.6 is 11.8 Å². The number of aromatic amines is 1. The molecule has 11 heteroatoms. The van der Waals surface area contributed by atoms with Crippen molar-refractivity contribution in [2.24, 2.45) is 0 Å². The van der Waals surface area contributed by atoms with Crippen LogP contribution < -0.4 is 10.1 Å². The van der Waals surface area contributed by atoms with Crippen molar-refractivity contribution in [1.29, 1.82) is 0 Å².